The van der Waals surface area contributed by atoms with E-state index in [-0.39, 0.29) is 0 Å². The van der Waals surface area contributed by atoms with Gasteiger partial charge < -0.3 is 5.73 Å². The zero-order valence-corrected chi connectivity index (χ0v) is 12.8. The Balaban J connectivity index is 1.88. The summed E-state index contributed by atoms with van der Waals surface area (Å²) in [6.45, 7) is 0. The summed E-state index contributed by atoms with van der Waals surface area (Å²) in [5, 5.41) is 5.11. The van der Waals surface area contributed by atoms with Crippen molar-refractivity contribution in [2.75, 3.05) is 5.73 Å². The van der Waals surface area contributed by atoms with Crippen LogP contribution in [0.5, 0.6) is 0 Å². The molecule has 0 heterocycles. The topological polar surface area (TPSA) is 26.0 Å². The Kier molecular flexibility index (Phi) is 3.24. The maximum absolute atomic E-state index is 5.89. The fourth-order valence-corrected chi connectivity index (χ4v) is 3.76. The van der Waals surface area contributed by atoms with Crippen molar-refractivity contribution in [3.63, 3.8) is 0 Å². The van der Waals surface area contributed by atoms with Crippen LogP contribution in [0, 0.1) is 0 Å². The number of anilines is 1. The molecule has 0 spiro atoms. The van der Waals surface area contributed by atoms with Gasteiger partial charge in [-0.2, -0.15) is 0 Å². The van der Waals surface area contributed by atoms with Crippen molar-refractivity contribution in [3.05, 3.63) is 78.9 Å². The molecule has 22 heavy (non-hydrogen) atoms. The fraction of sp³-hybridized carbons (Fsp3) is 0. The first kappa shape index (κ1) is 13.2. The van der Waals surface area contributed by atoms with Crippen LogP contribution in [0.1, 0.15) is 0 Å². The number of nitrogen functional groups attached to an aromatic ring is 1. The van der Waals surface area contributed by atoms with Crippen LogP contribution in [0.2, 0.25) is 0 Å². The Hall–Kier alpha value is -2.45. The number of fused-ring (bicyclic) bond motifs is 2. The third-order valence-corrected chi connectivity index (χ3v) is 4.86. The van der Waals surface area contributed by atoms with Crippen molar-refractivity contribution in [1.82, 2.24) is 0 Å². The Morgan fingerprint density at radius 3 is 2.18 bits per heavy atom. The van der Waals surface area contributed by atoms with Gasteiger partial charge in [0.1, 0.15) is 0 Å². The molecule has 106 valence electrons. The Bertz CT molecular complexity index is 975. The normalized spacial score (nSPS) is 11.1. The maximum Gasteiger partial charge on any atom is 0.0325 e. The zero-order valence-electron chi connectivity index (χ0n) is 12.0. The largest absolute Gasteiger partial charge is 0.399 e. The average molecular weight is 301 g/mol. The van der Waals surface area contributed by atoms with Gasteiger partial charge in [0.05, 0.1) is 0 Å². The summed E-state index contributed by atoms with van der Waals surface area (Å²) >= 11 is 1.76. The molecule has 0 aliphatic rings. The Morgan fingerprint density at radius 2 is 1.36 bits per heavy atom. The van der Waals surface area contributed by atoms with Crippen LogP contribution >= 0.6 is 11.8 Å². The van der Waals surface area contributed by atoms with Crippen LogP contribution in [0.3, 0.4) is 0 Å². The molecule has 0 saturated carbocycles. The van der Waals surface area contributed by atoms with E-state index in [0.717, 1.165) is 5.69 Å². The third kappa shape index (κ3) is 2.42. The molecular formula is C20H15NS. The zero-order chi connectivity index (χ0) is 14.9. The first-order valence-corrected chi connectivity index (χ1v) is 8.06. The van der Waals surface area contributed by atoms with Crippen molar-refractivity contribution in [1.29, 1.82) is 0 Å². The van der Waals surface area contributed by atoms with Crippen LogP contribution in [0.25, 0.3) is 21.5 Å². The Morgan fingerprint density at radius 1 is 0.636 bits per heavy atom. The number of rotatable bonds is 2. The minimum Gasteiger partial charge on any atom is -0.399 e. The third-order valence-electron chi connectivity index (χ3n) is 3.79. The first-order chi connectivity index (χ1) is 10.8. The molecule has 2 heteroatoms. The standard InChI is InChI=1S/C20H15NS/c21-17-8-4-9-18(13-17)22-20-10-3-7-16-11-14-5-1-2-6-15(14)12-19(16)20/h1-13H,21H2. The van der Waals surface area contributed by atoms with Crippen molar-refractivity contribution >= 4 is 39.0 Å². The van der Waals surface area contributed by atoms with Gasteiger partial charge in [0.25, 0.3) is 0 Å². The summed E-state index contributed by atoms with van der Waals surface area (Å²) in [7, 11) is 0. The molecule has 4 rings (SSSR count). The summed E-state index contributed by atoms with van der Waals surface area (Å²) < 4.78 is 0. The van der Waals surface area contributed by atoms with E-state index in [1.54, 1.807) is 11.8 Å². The van der Waals surface area contributed by atoms with E-state index in [1.807, 2.05) is 18.2 Å². The molecular weight excluding hydrogens is 286 g/mol. The fourth-order valence-electron chi connectivity index (χ4n) is 2.73. The van der Waals surface area contributed by atoms with Gasteiger partial charge >= 0.3 is 0 Å². The van der Waals surface area contributed by atoms with E-state index < -0.39 is 0 Å². The molecule has 0 bridgehead atoms. The van der Waals surface area contributed by atoms with Gasteiger partial charge in [0, 0.05) is 15.5 Å². The van der Waals surface area contributed by atoms with Crippen molar-refractivity contribution < 1.29 is 0 Å². The Labute approximate surface area is 133 Å². The summed E-state index contributed by atoms with van der Waals surface area (Å²) in [6.07, 6.45) is 0. The number of hydrogen-bond acceptors (Lipinski definition) is 2. The predicted molar refractivity (Wildman–Crippen MR) is 96.4 cm³/mol. The smallest absolute Gasteiger partial charge is 0.0325 e. The molecule has 0 aliphatic carbocycles. The van der Waals surface area contributed by atoms with Crippen LogP contribution in [-0.4, -0.2) is 0 Å². The highest BCUT2D eigenvalue weighted by atomic mass is 32.2. The van der Waals surface area contributed by atoms with E-state index in [0.29, 0.717) is 0 Å². The van der Waals surface area contributed by atoms with Crippen molar-refractivity contribution in [3.8, 4) is 0 Å². The van der Waals surface area contributed by atoms with E-state index in [2.05, 4.69) is 60.7 Å². The lowest BCUT2D eigenvalue weighted by Gasteiger charge is -2.08. The van der Waals surface area contributed by atoms with Gasteiger partial charge in [-0.05, 0) is 57.9 Å². The highest BCUT2D eigenvalue weighted by molar-refractivity contribution is 7.99. The molecule has 2 N–H and O–H groups in total. The van der Waals surface area contributed by atoms with Gasteiger partial charge in [-0.15, -0.1) is 0 Å². The second kappa shape index (κ2) is 5.39. The van der Waals surface area contributed by atoms with E-state index >= 15 is 0 Å². The molecule has 0 atom stereocenters. The minimum atomic E-state index is 0.802. The summed E-state index contributed by atoms with van der Waals surface area (Å²) in [5.74, 6) is 0. The molecule has 1 nitrogen and oxygen atoms in total. The molecule has 0 radical (unpaired) electrons. The van der Waals surface area contributed by atoms with Gasteiger partial charge in [-0.25, -0.2) is 0 Å². The molecule has 0 unspecified atom stereocenters. The quantitative estimate of drug-likeness (QED) is 0.378. The molecule has 0 aliphatic heterocycles. The second-order valence-corrected chi connectivity index (χ2v) is 6.47. The number of nitrogens with two attached hydrogens (primary N) is 1. The molecule has 4 aromatic carbocycles. The van der Waals surface area contributed by atoms with Crippen LogP contribution in [0.15, 0.2) is 88.7 Å². The van der Waals surface area contributed by atoms with Crippen molar-refractivity contribution in [2.24, 2.45) is 0 Å². The SMILES string of the molecule is Nc1cccc(Sc2cccc3cc4ccccc4cc23)c1. The lowest BCUT2D eigenvalue weighted by molar-refractivity contribution is 1.44. The minimum absolute atomic E-state index is 0.802. The number of hydrogen-bond donors (Lipinski definition) is 1. The van der Waals surface area contributed by atoms with E-state index in [4.69, 9.17) is 5.73 Å². The average Bonchev–Trinajstić information content (AvgIpc) is 2.53. The van der Waals surface area contributed by atoms with Gasteiger partial charge in [-0.1, -0.05) is 54.2 Å². The summed E-state index contributed by atoms with van der Waals surface area (Å²) in [6, 6.07) is 27.5. The summed E-state index contributed by atoms with van der Waals surface area (Å²) in [4.78, 5) is 2.43. The van der Waals surface area contributed by atoms with Crippen LogP contribution in [-0.2, 0) is 0 Å². The highest BCUT2D eigenvalue weighted by Crippen LogP contribution is 2.35. The first-order valence-electron chi connectivity index (χ1n) is 7.24. The van der Waals surface area contributed by atoms with E-state index in [1.165, 1.54) is 31.3 Å². The lowest BCUT2D eigenvalue weighted by atomic mass is 10.0. The van der Waals surface area contributed by atoms with Gasteiger partial charge in [0.2, 0.25) is 0 Å². The van der Waals surface area contributed by atoms with Crippen molar-refractivity contribution in [2.45, 2.75) is 9.79 Å². The van der Waals surface area contributed by atoms with Crippen LogP contribution in [0.4, 0.5) is 5.69 Å². The molecule has 0 amide bonds. The molecule has 0 aromatic heterocycles. The highest BCUT2D eigenvalue weighted by Gasteiger charge is 2.05. The maximum atomic E-state index is 5.89. The lowest BCUT2D eigenvalue weighted by Crippen LogP contribution is -1.84. The monoisotopic (exact) mass is 301 g/mol. The molecule has 0 saturated heterocycles. The predicted octanol–water partition coefficient (Wildman–Crippen LogP) is 5.73. The summed E-state index contributed by atoms with van der Waals surface area (Å²) in [5.41, 5.74) is 6.69. The van der Waals surface area contributed by atoms with Gasteiger partial charge in [0.15, 0.2) is 0 Å². The molecule has 4 aromatic rings. The number of benzene rings is 4. The second-order valence-electron chi connectivity index (χ2n) is 5.35. The van der Waals surface area contributed by atoms with E-state index in [9.17, 15) is 0 Å². The van der Waals surface area contributed by atoms with Crippen LogP contribution < -0.4 is 5.73 Å². The molecule has 0 fully saturated rings. The van der Waals surface area contributed by atoms with Gasteiger partial charge in [-0.3, -0.25) is 0 Å².